The fourth-order valence-electron chi connectivity index (χ4n) is 8.28. The SMILES string of the molecule is C.C.C=CC12CCC(NC(=O)OC(C)(C)C)(CC1)CO2.CC(C)(C)O.CC(C)(C)OC(=O)NC12CCC(C(O)CO)(CC1)OC2.COC12CCC(NC(=O)OC(C)(C)C)(CC1)CO2.[B]. The average Bonchev–Trinajstić information content (AvgIpc) is 3.14. The minimum atomic E-state index is -0.859. The number of amides is 3. The van der Waals surface area contributed by atoms with Crippen molar-refractivity contribution in [2.75, 3.05) is 33.5 Å². The van der Waals surface area contributed by atoms with E-state index in [0.717, 1.165) is 64.2 Å². The van der Waals surface area contributed by atoms with Crippen molar-refractivity contribution in [1.29, 1.82) is 0 Å². The van der Waals surface area contributed by atoms with Crippen molar-refractivity contribution in [3.8, 4) is 0 Å². The fraction of sp³-hybridized carbons (Fsp3) is 0.894. The Kier molecular flexibility index (Phi) is 21.9. The number of aliphatic hydroxyl groups excluding tert-OH is 2. The maximum atomic E-state index is 11.9. The Labute approximate surface area is 387 Å². The summed E-state index contributed by atoms with van der Waals surface area (Å²) in [4.78, 5) is 35.6. The van der Waals surface area contributed by atoms with Crippen LogP contribution in [-0.4, -0.2) is 138 Å². The van der Waals surface area contributed by atoms with Crippen molar-refractivity contribution in [2.45, 2.75) is 237 Å². The van der Waals surface area contributed by atoms with Gasteiger partial charge in [0, 0.05) is 28.4 Å². The topological polar surface area (TPSA) is 213 Å². The highest BCUT2D eigenvalue weighted by molar-refractivity contribution is 5.75. The van der Waals surface area contributed by atoms with Gasteiger partial charge in [-0.3, -0.25) is 0 Å². The number of hydrogen-bond acceptors (Lipinski definition) is 13. The molecule has 0 aromatic carbocycles. The molecular formula is C47H89BN3O13. The lowest BCUT2D eigenvalue weighted by Crippen LogP contribution is -2.66. The van der Waals surface area contributed by atoms with Gasteiger partial charge in [-0.05, 0) is 147 Å². The molecule has 9 fully saturated rings. The molecule has 0 aromatic heterocycles. The number of rotatable bonds is 7. The third-order valence-electron chi connectivity index (χ3n) is 11.8. The number of aliphatic hydroxyl groups is 3. The zero-order valence-corrected chi connectivity index (χ0v) is 40.2. The molecule has 3 aliphatic carbocycles. The van der Waals surface area contributed by atoms with Gasteiger partial charge in [-0.1, -0.05) is 20.9 Å². The lowest BCUT2D eigenvalue weighted by molar-refractivity contribution is -0.288. The van der Waals surface area contributed by atoms with Gasteiger partial charge in [-0.25, -0.2) is 14.4 Å². The van der Waals surface area contributed by atoms with Crippen LogP contribution < -0.4 is 16.0 Å². The molecule has 9 rings (SSSR count). The number of alkyl carbamates (subject to hydrolysis) is 3. The summed E-state index contributed by atoms with van der Waals surface area (Å²) in [5, 5.41) is 36.4. The number of carbonyl (C=O) groups excluding carboxylic acids is 3. The second-order valence-corrected chi connectivity index (χ2v) is 21.9. The van der Waals surface area contributed by atoms with Gasteiger partial charge in [-0.15, -0.1) is 6.58 Å². The molecule has 6 bridgehead atoms. The van der Waals surface area contributed by atoms with Crippen LogP contribution in [0.3, 0.4) is 0 Å². The van der Waals surface area contributed by atoms with Crippen molar-refractivity contribution in [1.82, 2.24) is 16.0 Å². The Morgan fingerprint density at radius 3 is 1.14 bits per heavy atom. The molecule has 6 heterocycles. The van der Waals surface area contributed by atoms with Crippen LogP contribution in [0.4, 0.5) is 14.4 Å². The first-order valence-electron chi connectivity index (χ1n) is 21.9. The van der Waals surface area contributed by atoms with Gasteiger partial charge < -0.3 is 64.4 Å². The number of fused-ring (bicyclic) bond motifs is 9. The largest absolute Gasteiger partial charge is 0.444 e. The first kappa shape index (κ1) is 61.3. The van der Waals surface area contributed by atoms with Crippen molar-refractivity contribution in [2.24, 2.45) is 0 Å². The molecule has 1 unspecified atom stereocenters. The van der Waals surface area contributed by atoms with Crippen LogP contribution in [0.2, 0.25) is 0 Å². The van der Waals surface area contributed by atoms with E-state index in [4.69, 9.17) is 43.4 Å². The molecule has 17 heteroatoms. The summed E-state index contributed by atoms with van der Waals surface area (Å²) in [6.07, 6.45) is 9.71. The van der Waals surface area contributed by atoms with E-state index < -0.39 is 51.5 Å². The van der Waals surface area contributed by atoms with E-state index >= 15 is 0 Å². The van der Waals surface area contributed by atoms with Crippen molar-refractivity contribution in [3.05, 3.63) is 12.7 Å². The molecule has 1 atom stereocenters. The van der Waals surface area contributed by atoms with Crippen LogP contribution >= 0.6 is 0 Å². The van der Waals surface area contributed by atoms with Gasteiger partial charge in [0.05, 0.1) is 59.8 Å². The molecule has 3 radical (unpaired) electrons. The Morgan fingerprint density at radius 2 is 0.922 bits per heavy atom. The Morgan fingerprint density at radius 1 is 0.609 bits per heavy atom. The third-order valence-corrected chi connectivity index (χ3v) is 11.8. The maximum Gasteiger partial charge on any atom is 0.408 e. The molecule has 16 nitrogen and oxygen atoms in total. The fourth-order valence-corrected chi connectivity index (χ4v) is 8.28. The molecule has 64 heavy (non-hydrogen) atoms. The van der Waals surface area contributed by atoms with Gasteiger partial charge in [0.2, 0.25) is 0 Å². The number of hydrogen-bond donors (Lipinski definition) is 6. The molecular weight excluding hydrogens is 825 g/mol. The number of nitrogens with one attached hydrogen (secondary N) is 3. The minimum absolute atomic E-state index is 0. The van der Waals surface area contributed by atoms with Gasteiger partial charge in [0.15, 0.2) is 5.79 Å². The molecule has 6 aliphatic heterocycles. The van der Waals surface area contributed by atoms with Crippen molar-refractivity contribution >= 4 is 26.7 Å². The summed E-state index contributed by atoms with van der Waals surface area (Å²) in [5.41, 5.74) is -3.68. The smallest absolute Gasteiger partial charge is 0.408 e. The highest BCUT2D eigenvalue weighted by atomic mass is 16.7. The molecule has 3 saturated carbocycles. The van der Waals surface area contributed by atoms with Gasteiger partial charge in [0.25, 0.3) is 0 Å². The minimum Gasteiger partial charge on any atom is -0.444 e. The van der Waals surface area contributed by atoms with E-state index in [-0.39, 0.29) is 58.7 Å². The van der Waals surface area contributed by atoms with Crippen LogP contribution in [0.15, 0.2) is 12.7 Å². The Balaban J connectivity index is 0.000000864. The number of methoxy groups -OCH3 is 1. The summed E-state index contributed by atoms with van der Waals surface area (Å²) >= 11 is 0. The van der Waals surface area contributed by atoms with Crippen molar-refractivity contribution in [3.63, 3.8) is 0 Å². The first-order chi connectivity index (χ1) is 27.8. The van der Waals surface area contributed by atoms with E-state index in [1.165, 1.54) is 0 Å². The quantitative estimate of drug-likeness (QED) is 0.0827. The predicted molar refractivity (Wildman–Crippen MR) is 249 cm³/mol. The average molecular weight is 915 g/mol. The van der Waals surface area contributed by atoms with Gasteiger partial charge in [0.1, 0.15) is 22.9 Å². The summed E-state index contributed by atoms with van der Waals surface area (Å²) in [6, 6.07) is 0. The summed E-state index contributed by atoms with van der Waals surface area (Å²) in [7, 11) is 1.68. The van der Waals surface area contributed by atoms with Crippen LogP contribution in [-0.2, 0) is 33.2 Å². The van der Waals surface area contributed by atoms with Gasteiger partial charge in [-0.2, -0.15) is 0 Å². The van der Waals surface area contributed by atoms with E-state index in [1.807, 2.05) is 68.4 Å². The molecule has 9 aliphatic rings. The van der Waals surface area contributed by atoms with E-state index in [9.17, 15) is 19.5 Å². The highest BCUT2D eigenvalue weighted by Crippen LogP contribution is 2.47. The normalized spacial score (nSPS) is 31.6. The van der Waals surface area contributed by atoms with Crippen LogP contribution in [0.1, 0.15) is 175 Å². The lowest BCUT2D eigenvalue weighted by Gasteiger charge is -2.54. The van der Waals surface area contributed by atoms with Crippen molar-refractivity contribution < 1.29 is 62.9 Å². The predicted octanol–water partition coefficient (Wildman–Crippen LogP) is 7.59. The molecule has 3 amide bonds. The second kappa shape index (κ2) is 22.9. The molecule has 6 N–H and O–H groups in total. The summed E-state index contributed by atoms with van der Waals surface area (Å²) < 4.78 is 38.7. The van der Waals surface area contributed by atoms with Crippen LogP contribution in [0.25, 0.3) is 0 Å². The number of ether oxygens (including phenoxy) is 7. The Bertz CT molecular complexity index is 1420. The maximum absolute atomic E-state index is 11.9. The third kappa shape index (κ3) is 18.5. The van der Waals surface area contributed by atoms with E-state index in [2.05, 4.69) is 22.5 Å². The van der Waals surface area contributed by atoms with Gasteiger partial charge >= 0.3 is 18.3 Å². The summed E-state index contributed by atoms with van der Waals surface area (Å²) in [5.74, 6) is -0.419. The van der Waals surface area contributed by atoms with Crippen LogP contribution in [0, 0.1) is 0 Å². The number of carbonyl (C=O) groups is 3. The zero-order valence-electron chi connectivity index (χ0n) is 40.2. The standard InChI is InChI=1S/C14H25NO5.C14H23NO3.C13H23NO4.C4H10O.2CH4.B/c1-12(2,3)20-11(18)15-13-4-6-14(7-5-13,19-9-13)10(17)8-16;1-5-14-8-6-13(7-9-14,10-17-14)15-11(16)18-12(2,3)4;1-11(2,3)18-10(15)14-12-5-7-13(16-4,8-6-12)17-9-12;1-4(2,3)5;;;/h10,16-17H,4-9H2,1-3H3,(H,15,18);5H,1,6-10H2,2-4H3,(H,15,16);5-9H2,1-4H3,(H,14,15);5H,1-3H3;2*1H4;. The molecule has 0 aromatic rings. The van der Waals surface area contributed by atoms with Crippen LogP contribution in [0.5, 0.6) is 0 Å². The zero-order chi connectivity index (χ0) is 46.4. The first-order valence-corrected chi connectivity index (χ1v) is 21.9. The summed E-state index contributed by atoms with van der Waals surface area (Å²) in [6.45, 7) is 26.8. The molecule has 0 spiro atoms. The second-order valence-electron chi connectivity index (χ2n) is 21.9. The monoisotopic (exact) mass is 915 g/mol. The Hall–Kier alpha value is -2.67. The molecule has 373 valence electrons. The van der Waals surface area contributed by atoms with E-state index in [1.54, 1.807) is 27.9 Å². The van der Waals surface area contributed by atoms with E-state index in [0.29, 0.717) is 32.7 Å². The highest BCUT2D eigenvalue weighted by Gasteiger charge is 2.54. The lowest BCUT2D eigenvalue weighted by atomic mass is 9.69. The molecule has 6 saturated heterocycles.